The van der Waals surface area contributed by atoms with Crippen LogP contribution in [0.4, 0.5) is 0 Å². The van der Waals surface area contributed by atoms with Gasteiger partial charge in [-0.25, -0.2) is 0 Å². The molecule has 1 aromatic rings. The minimum Gasteiger partial charge on any atom is -0.462 e. The van der Waals surface area contributed by atoms with E-state index < -0.39 is 0 Å². The molecule has 0 saturated heterocycles. The highest BCUT2D eigenvalue weighted by molar-refractivity contribution is 5.69. The topological polar surface area (TPSA) is 76.1 Å². The standard InChI is InChI=1S/C48H87NO5/c1-4-7-10-13-17-24-34-46(35-25-18-14-11-8-5-2)54-48(52)37-27-20-16-22-29-39-49(40-41-50)38-28-21-15-19-26-36-47(51)53-43-45-33-30-32-44(42-45)31-23-12-9-6-3/h30,32-33,42,46,50H,4-29,31,34-41,43H2,1-3H3. The monoisotopic (exact) mass is 758 g/mol. The van der Waals surface area contributed by atoms with Crippen molar-refractivity contribution in [2.45, 2.75) is 233 Å². The van der Waals surface area contributed by atoms with Crippen molar-refractivity contribution in [3.05, 3.63) is 35.4 Å². The lowest BCUT2D eigenvalue weighted by Crippen LogP contribution is -2.29. The molecule has 6 nitrogen and oxygen atoms in total. The highest BCUT2D eigenvalue weighted by atomic mass is 16.5. The number of aliphatic hydroxyl groups excluding tert-OH is 1. The van der Waals surface area contributed by atoms with Crippen molar-refractivity contribution in [3.63, 3.8) is 0 Å². The van der Waals surface area contributed by atoms with Gasteiger partial charge in [0.25, 0.3) is 0 Å². The van der Waals surface area contributed by atoms with Gasteiger partial charge in [0.2, 0.25) is 0 Å². The van der Waals surface area contributed by atoms with Crippen LogP contribution in [0.5, 0.6) is 0 Å². The fraction of sp³-hybridized carbons (Fsp3) is 0.833. The van der Waals surface area contributed by atoms with Crippen LogP contribution in [0.15, 0.2) is 24.3 Å². The number of hydrogen-bond donors (Lipinski definition) is 1. The summed E-state index contributed by atoms with van der Waals surface area (Å²) in [5.41, 5.74) is 2.42. The minimum absolute atomic E-state index is 0.0100. The molecule has 54 heavy (non-hydrogen) atoms. The summed E-state index contributed by atoms with van der Waals surface area (Å²) in [5, 5.41) is 9.58. The number of unbranched alkanes of at least 4 members (excludes halogenated alkanes) is 21. The van der Waals surface area contributed by atoms with Gasteiger partial charge in [-0.1, -0.05) is 167 Å². The quantitative estimate of drug-likeness (QED) is 0.0531. The normalized spacial score (nSPS) is 11.5. The second-order valence-electron chi connectivity index (χ2n) is 16.1. The number of aryl methyl sites for hydroxylation is 1. The molecule has 314 valence electrons. The molecule has 0 saturated carbocycles. The summed E-state index contributed by atoms with van der Waals surface area (Å²) in [6.45, 7) is 10.1. The summed E-state index contributed by atoms with van der Waals surface area (Å²) in [7, 11) is 0. The van der Waals surface area contributed by atoms with E-state index in [2.05, 4.69) is 43.9 Å². The molecule has 6 heteroatoms. The first-order valence-electron chi connectivity index (χ1n) is 23.3. The van der Waals surface area contributed by atoms with Crippen LogP contribution < -0.4 is 0 Å². The number of rotatable bonds is 40. The Hall–Kier alpha value is -1.92. The first kappa shape index (κ1) is 50.1. The van der Waals surface area contributed by atoms with Crippen molar-refractivity contribution in [2.75, 3.05) is 26.2 Å². The Kier molecular flexibility index (Phi) is 35.2. The second-order valence-corrected chi connectivity index (χ2v) is 16.1. The van der Waals surface area contributed by atoms with Gasteiger partial charge in [-0.2, -0.15) is 0 Å². The lowest BCUT2D eigenvalue weighted by molar-refractivity contribution is -0.150. The van der Waals surface area contributed by atoms with Crippen LogP contribution >= 0.6 is 0 Å². The zero-order valence-electron chi connectivity index (χ0n) is 35.9. The van der Waals surface area contributed by atoms with E-state index in [0.29, 0.717) is 19.4 Å². The van der Waals surface area contributed by atoms with Crippen molar-refractivity contribution in [1.82, 2.24) is 4.90 Å². The molecule has 1 aromatic carbocycles. The van der Waals surface area contributed by atoms with Gasteiger partial charge in [-0.05, 0) is 88.4 Å². The third-order valence-corrected chi connectivity index (χ3v) is 10.9. The SMILES string of the molecule is CCCCCCCCC(CCCCCCCC)OC(=O)CCCCCCCN(CCO)CCCCCCCC(=O)OCc1cccc(CCCCCC)c1. The second kappa shape index (κ2) is 38.0. The van der Waals surface area contributed by atoms with Crippen LogP contribution in [0.2, 0.25) is 0 Å². The molecule has 0 fully saturated rings. The molecule has 0 amide bonds. The number of ether oxygens (including phenoxy) is 2. The molecule has 0 aromatic heterocycles. The number of hydrogen-bond acceptors (Lipinski definition) is 6. The Morgan fingerprint density at radius 1 is 0.556 bits per heavy atom. The molecular weight excluding hydrogens is 671 g/mol. The molecule has 0 radical (unpaired) electrons. The zero-order chi connectivity index (χ0) is 39.2. The van der Waals surface area contributed by atoms with Gasteiger partial charge < -0.3 is 19.5 Å². The van der Waals surface area contributed by atoms with Crippen molar-refractivity contribution in [3.8, 4) is 0 Å². The number of carbonyl (C=O) groups is 2. The Bertz CT molecular complexity index is 968. The van der Waals surface area contributed by atoms with Gasteiger partial charge in [0.15, 0.2) is 0 Å². The van der Waals surface area contributed by atoms with Gasteiger partial charge in [-0.3, -0.25) is 9.59 Å². The summed E-state index contributed by atoms with van der Waals surface area (Å²) >= 11 is 0. The number of carbonyl (C=O) groups excluding carboxylic acids is 2. The number of benzene rings is 1. The van der Waals surface area contributed by atoms with Crippen LogP contribution in [-0.4, -0.2) is 54.3 Å². The molecular formula is C48H87NO5. The van der Waals surface area contributed by atoms with Crippen LogP contribution in [0.3, 0.4) is 0 Å². The van der Waals surface area contributed by atoms with Gasteiger partial charge in [0.1, 0.15) is 12.7 Å². The molecule has 0 spiro atoms. The molecule has 0 atom stereocenters. The first-order chi connectivity index (χ1) is 26.5. The van der Waals surface area contributed by atoms with E-state index in [-0.39, 0.29) is 24.6 Å². The average Bonchev–Trinajstić information content (AvgIpc) is 3.17. The number of nitrogens with zero attached hydrogens (tertiary/aromatic N) is 1. The summed E-state index contributed by atoms with van der Waals surface area (Å²) in [6, 6.07) is 8.48. The van der Waals surface area contributed by atoms with E-state index in [1.54, 1.807) is 0 Å². The molecule has 1 rings (SSSR count). The summed E-state index contributed by atoms with van der Waals surface area (Å²) < 4.78 is 11.6. The summed E-state index contributed by atoms with van der Waals surface area (Å²) in [6.07, 6.45) is 35.5. The van der Waals surface area contributed by atoms with E-state index in [4.69, 9.17) is 9.47 Å². The zero-order valence-corrected chi connectivity index (χ0v) is 35.9. The van der Waals surface area contributed by atoms with Crippen molar-refractivity contribution < 1.29 is 24.2 Å². The van der Waals surface area contributed by atoms with Crippen molar-refractivity contribution >= 4 is 11.9 Å². The Balaban J connectivity index is 2.13. The van der Waals surface area contributed by atoms with Crippen LogP contribution in [0.25, 0.3) is 0 Å². The predicted octanol–water partition coefficient (Wildman–Crippen LogP) is 13.2. The molecule has 0 unspecified atom stereocenters. The molecule has 0 aliphatic carbocycles. The van der Waals surface area contributed by atoms with Gasteiger partial charge in [-0.15, -0.1) is 0 Å². The lowest BCUT2D eigenvalue weighted by atomic mass is 10.0. The lowest BCUT2D eigenvalue weighted by Gasteiger charge is -2.21. The van der Waals surface area contributed by atoms with Gasteiger partial charge in [0.05, 0.1) is 6.61 Å². The first-order valence-corrected chi connectivity index (χ1v) is 23.3. The highest BCUT2D eigenvalue weighted by Crippen LogP contribution is 2.19. The van der Waals surface area contributed by atoms with E-state index in [1.165, 1.54) is 108 Å². The molecule has 0 bridgehead atoms. The maximum atomic E-state index is 12.7. The smallest absolute Gasteiger partial charge is 0.306 e. The van der Waals surface area contributed by atoms with Crippen molar-refractivity contribution in [1.29, 1.82) is 0 Å². The van der Waals surface area contributed by atoms with Gasteiger partial charge in [0, 0.05) is 19.4 Å². The molecule has 0 heterocycles. The van der Waals surface area contributed by atoms with Crippen LogP contribution in [0.1, 0.15) is 225 Å². The van der Waals surface area contributed by atoms with E-state index in [9.17, 15) is 14.7 Å². The number of esters is 2. The maximum Gasteiger partial charge on any atom is 0.306 e. The molecule has 0 aliphatic rings. The maximum absolute atomic E-state index is 12.7. The highest BCUT2D eigenvalue weighted by Gasteiger charge is 2.14. The summed E-state index contributed by atoms with van der Waals surface area (Å²) in [5.74, 6) is -0.0838. The third kappa shape index (κ3) is 31.3. The van der Waals surface area contributed by atoms with Crippen molar-refractivity contribution in [2.24, 2.45) is 0 Å². The fourth-order valence-electron chi connectivity index (χ4n) is 7.43. The van der Waals surface area contributed by atoms with Gasteiger partial charge >= 0.3 is 11.9 Å². The third-order valence-electron chi connectivity index (χ3n) is 10.9. The Morgan fingerprint density at radius 2 is 1.02 bits per heavy atom. The molecule has 0 aliphatic heterocycles. The predicted molar refractivity (Wildman–Crippen MR) is 229 cm³/mol. The summed E-state index contributed by atoms with van der Waals surface area (Å²) in [4.78, 5) is 27.4. The van der Waals surface area contributed by atoms with Crippen LogP contribution in [-0.2, 0) is 32.1 Å². The largest absolute Gasteiger partial charge is 0.462 e. The van der Waals surface area contributed by atoms with E-state index in [1.807, 2.05) is 6.07 Å². The fourth-order valence-corrected chi connectivity index (χ4v) is 7.43. The number of aliphatic hydroxyl groups is 1. The van der Waals surface area contributed by atoms with Crippen LogP contribution in [0, 0.1) is 0 Å². The van der Waals surface area contributed by atoms with E-state index in [0.717, 1.165) is 109 Å². The Labute approximate surface area is 334 Å². The Morgan fingerprint density at radius 3 is 1.57 bits per heavy atom. The molecule has 1 N–H and O–H groups in total. The van der Waals surface area contributed by atoms with E-state index >= 15 is 0 Å². The average molecular weight is 758 g/mol. The minimum atomic E-state index is -0.0938.